The molecule has 43 heavy (non-hydrogen) atoms. The average molecular weight is 618 g/mol. The zero-order chi connectivity index (χ0) is 31.5. The fourth-order valence-corrected chi connectivity index (χ4v) is 4.47. The van der Waals surface area contributed by atoms with E-state index in [1.165, 1.54) is 31.2 Å². The van der Waals surface area contributed by atoms with Gasteiger partial charge in [-0.1, -0.05) is 29.8 Å². The molecule has 0 radical (unpaired) electrons. The van der Waals surface area contributed by atoms with E-state index < -0.39 is 53.1 Å². The van der Waals surface area contributed by atoms with Crippen molar-refractivity contribution in [3.8, 4) is 11.1 Å². The first-order valence-electron chi connectivity index (χ1n) is 12.3. The second-order valence-corrected chi connectivity index (χ2v) is 9.58. The van der Waals surface area contributed by atoms with Gasteiger partial charge in [0.25, 0.3) is 0 Å². The third kappa shape index (κ3) is 7.46. The van der Waals surface area contributed by atoms with Gasteiger partial charge in [0.1, 0.15) is 18.0 Å². The summed E-state index contributed by atoms with van der Waals surface area (Å²) >= 11 is 6.31. The maximum Gasteiger partial charge on any atom is 0.418 e. The fraction of sp³-hybridized carbons (Fsp3) is 0.133. The maximum absolute atomic E-state index is 13.6. The molecule has 2 N–H and O–H groups in total. The number of hydrogen-bond acceptors (Lipinski definition) is 6. The van der Waals surface area contributed by atoms with Crippen molar-refractivity contribution in [2.75, 3.05) is 5.32 Å². The topological polar surface area (TPSA) is 123 Å². The lowest BCUT2D eigenvalue weighted by molar-refractivity contribution is -0.142. The van der Waals surface area contributed by atoms with E-state index in [9.17, 15) is 36.7 Å². The van der Waals surface area contributed by atoms with Crippen LogP contribution in [0.3, 0.4) is 0 Å². The van der Waals surface area contributed by atoms with Gasteiger partial charge in [-0.05, 0) is 47.5 Å². The highest BCUT2D eigenvalue weighted by Gasteiger charge is 2.34. The molecule has 8 nitrogen and oxygen atoms in total. The van der Waals surface area contributed by atoms with Crippen LogP contribution in [0.4, 0.5) is 23.2 Å². The van der Waals surface area contributed by atoms with E-state index in [1.54, 1.807) is 18.2 Å². The van der Waals surface area contributed by atoms with Crippen molar-refractivity contribution in [1.29, 1.82) is 0 Å². The summed E-state index contributed by atoms with van der Waals surface area (Å²) in [7, 11) is 0. The first kappa shape index (κ1) is 31.0. The Morgan fingerprint density at radius 3 is 2.51 bits per heavy atom. The number of carboxylic acids is 1. The predicted molar refractivity (Wildman–Crippen MR) is 149 cm³/mol. The Morgan fingerprint density at radius 1 is 1.09 bits per heavy atom. The number of amides is 1. The molecule has 0 saturated heterocycles. The van der Waals surface area contributed by atoms with Gasteiger partial charge in [-0.2, -0.15) is 13.2 Å². The lowest BCUT2D eigenvalue weighted by Gasteiger charge is -2.16. The summed E-state index contributed by atoms with van der Waals surface area (Å²) in [6, 6.07) is 10.7. The normalized spacial score (nSPS) is 11.6. The van der Waals surface area contributed by atoms with Crippen molar-refractivity contribution in [2.45, 2.75) is 26.1 Å². The largest absolute Gasteiger partial charge is 0.478 e. The van der Waals surface area contributed by atoms with Crippen molar-refractivity contribution in [1.82, 2.24) is 0 Å². The molecule has 13 heteroatoms. The minimum Gasteiger partial charge on any atom is -0.478 e. The van der Waals surface area contributed by atoms with Crippen molar-refractivity contribution in [3.63, 3.8) is 0 Å². The van der Waals surface area contributed by atoms with E-state index in [1.807, 2.05) is 0 Å². The summed E-state index contributed by atoms with van der Waals surface area (Å²) < 4.78 is 64.5. The molecule has 3 aromatic carbocycles. The number of ether oxygens (including phenoxy) is 1. The molecule has 4 rings (SSSR count). The van der Waals surface area contributed by atoms with Gasteiger partial charge < -0.3 is 19.6 Å². The van der Waals surface area contributed by atoms with Crippen LogP contribution >= 0.6 is 11.6 Å². The Balaban J connectivity index is 1.89. The summed E-state index contributed by atoms with van der Waals surface area (Å²) in [4.78, 5) is 48.7. The zero-order valence-electron chi connectivity index (χ0n) is 22.1. The summed E-state index contributed by atoms with van der Waals surface area (Å²) in [5, 5.41) is 11.4. The minimum absolute atomic E-state index is 0.00916. The fourth-order valence-electron chi connectivity index (χ4n) is 4.27. The molecular weight excluding hydrogens is 598 g/mol. The second-order valence-electron chi connectivity index (χ2n) is 9.17. The highest BCUT2D eigenvalue weighted by atomic mass is 35.5. The van der Waals surface area contributed by atoms with Gasteiger partial charge in [0, 0.05) is 35.6 Å². The number of benzene rings is 3. The molecule has 0 atom stereocenters. The molecular formula is C30H20ClF4NO7. The number of fused-ring (bicyclic) bond motifs is 1. The molecule has 4 aromatic rings. The SMILES string of the molecule is CC(=O)OCc1cc2c(-c3cccc(/C=C/C(=O)O)c3)c(CC(=O)Nc3ccc(F)cc3C(F)(F)F)c(=O)oc2cc1Cl. The number of esters is 1. The van der Waals surface area contributed by atoms with Gasteiger partial charge in [0.2, 0.25) is 5.91 Å². The quantitative estimate of drug-likeness (QED) is 0.0987. The third-order valence-corrected chi connectivity index (χ3v) is 6.44. The number of hydrogen-bond donors (Lipinski definition) is 2. The van der Waals surface area contributed by atoms with Crippen LogP contribution in [0.25, 0.3) is 28.2 Å². The summed E-state index contributed by atoms with van der Waals surface area (Å²) in [5.74, 6) is -4.01. The standard InChI is InChI=1S/C30H20ClF4NO7/c1-15(37)42-14-18-10-20-25(13-23(18)31)43-29(41)21(28(20)17-4-2-3-16(9-17)5-8-27(39)40)12-26(38)36-24-7-6-19(32)11-22(24)30(33,34)35/h2-11,13H,12,14H2,1H3,(H,36,38)(H,39,40)/b8-5+. The monoisotopic (exact) mass is 617 g/mol. The Kier molecular flexibility index (Phi) is 9.00. The Bertz CT molecular complexity index is 1850. The van der Waals surface area contributed by atoms with Crippen molar-refractivity contribution in [2.24, 2.45) is 0 Å². The van der Waals surface area contributed by atoms with Gasteiger partial charge in [0.05, 0.1) is 28.3 Å². The molecule has 0 aliphatic rings. The smallest absolute Gasteiger partial charge is 0.418 e. The van der Waals surface area contributed by atoms with Crippen LogP contribution in [-0.2, 0) is 38.3 Å². The van der Waals surface area contributed by atoms with Gasteiger partial charge in [-0.3, -0.25) is 9.59 Å². The molecule has 0 spiro atoms. The van der Waals surface area contributed by atoms with E-state index in [-0.39, 0.29) is 39.8 Å². The number of nitrogens with one attached hydrogen (secondary N) is 1. The van der Waals surface area contributed by atoms with Crippen LogP contribution in [0.15, 0.2) is 69.9 Å². The average Bonchev–Trinajstić information content (AvgIpc) is 2.92. The molecule has 0 fully saturated rings. The highest BCUT2D eigenvalue weighted by Crippen LogP contribution is 2.37. The molecule has 0 unspecified atom stereocenters. The number of alkyl halides is 3. The van der Waals surface area contributed by atoms with Crippen LogP contribution in [0, 0.1) is 5.82 Å². The number of halogens is 5. The molecule has 0 bridgehead atoms. The van der Waals surface area contributed by atoms with Gasteiger partial charge in [-0.25, -0.2) is 14.0 Å². The van der Waals surface area contributed by atoms with Crippen LogP contribution in [0.1, 0.15) is 29.2 Å². The second kappa shape index (κ2) is 12.5. The van der Waals surface area contributed by atoms with Gasteiger partial charge in [0.15, 0.2) is 0 Å². The number of carbonyl (C=O) groups excluding carboxylic acids is 2. The molecule has 1 heterocycles. The van der Waals surface area contributed by atoms with E-state index in [4.69, 9.17) is 25.9 Å². The number of rotatable bonds is 8. The van der Waals surface area contributed by atoms with Gasteiger partial charge >= 0.3 is 23.7 Å². The third-order valence-electron chi connectivity index (χ3n) is 6.09. The molecule has 1 amide bonds. The van der Waals surface area contributed by atoms with E-state index in [0.29, 0.717) is 16.7 Å². The predicted octanol–water partition coefficient (Wildman–Crippen LogP) is 6.61. The molecule has 1 aromatic heterocycles. The molecule has 0 aliphatic heterocycles. The van der Waals surface area contributed by atoms with E-state index >= 15 is 0 Å². The molecule has 0 saturated carbocycles. The Labute approximate surface area is 245 Å². The van der Waals surface area contributed by atoms with E-state index in [2.05, 4.69) is 5.32 Å². The first-order chi connectivity index (χ1) is 20.2. The van der Waals surface area contributed by atoms with Crippen LogP contribution < -0.4 is 10.9 Å². The summed E-state index contributed by atoms with van der Waals surface area (Å²) in [6.07, 6.45) is -3.57. The minimum atomic E-state index is -4.99. The summed E-state index contributed by atoms with van der Waals surface area (Å²) in [6.45, 7) is 0.947. The molecule has 0 aliphatic carbocycles. The molecule has 222 valence electrons. The number of carboxylic acid groups (broad SMARTS) is 1. The number of anilines is 1. The first-order valence-corrected chi connectivity index (χ1v) is 12.7. The van der Waals surface area contributed by atoms with E-state index in [0.717, 1.165) is 18.2 Å². The van der Waals surface area contributed by atoms with Crippen LogP contribution in [-0.4, -0.2) is 23.0 Å². The number of aliphatic carboxylic acids is 1. The maximum atomic E-state index is 13.6. The van der Waals surface area contributed by atoms with Crippen molar-refractivity contribution in [3.05, 3.63) is 104 Å². The summed E-state index contributed by atoms with van der Waals surface area (Å²) in [5.41, 5.74) is -2.20. The zero-order valence-corrected chi connectivity index (χ0v) is 22.8. The Hall–Kier alpha value is -4.97. The van der Waals surface area contributed by atoms with Crippen molar-refractivity contribution >= 4 is 52.2 Å². The Morgan fingerprint density at radius 2 is 1.84 bits per heavy atom. The van der Waals surface area contributed by atoms with Gasteiger partial charge in [-0.15, -0.1) is 0 Å². The highest BCUT2D eigenvalue weighted by molar-refractivity contribution is 6.32. The van der Waals surface area contributed by atoms with Crippen LogP contribution in [0.2, 0.25) is 5.02 Å². The lowest BCUT2D eigenvalue weighted by Crippen LogP contribution is -2.22. The number of carbonyl (C=O) groups is 3. The van der Waals surface area contributed by atoms with Crippen LogP contribution in [0.5, 0.6) is 0 Å². The van der Waals surface area contributed by atoms with Crippen molar-refractivity contribution < 1.29 is 46.2 Å². The lowest BCUT2D eigenvalue weighted by atomic mass is 9.93.